The Labute approximate surface area is 117 Å². The maximum absolute atomic E-state index is 13.5. The minimum absolute atomic E-state index is 0.119. The summed E-state index contributed by atoms with van der Waals surface area (Å²) in [5.74, 6) is -0.607. The van der Waals surface area contributed by atoms with E-state index >= 15 is 0 Å². The molecule has 0 fully saturated rings. The van der Waals surface area contributed by atoms with Gasteiger partial charge in [0.2, 0.25) is 11.6 Å². The molecule has 0 radical (unpaired) electrons. The van der Waals surface area contributed by atoms with E-state index in [1.165, 1.54) is 12.1 Å². The fraction of sp³-hybridized carbons (Fsp3) is 0.0769. The molecule has 0 saturated carbocycles. The zero-order chi connectivity index (χ0) is 14.0. The lowest BCUT2D eigenvalue weighted by Crippen LogP contribution is -1.97. The molecule has 19 heavy (non-hydrogen) atoms. The lowest BCUT2D eigenvalue weighted by atomic mass is 10.2. The van der Waals surface area contributed by atoms with Gasteiger partial charge in [0.25, 0.3) is 0 Å². The first-order valence-electron chi connectivity index (χ1n) is 5.36. The molecule has 4 nitrogen and oxygen atoms in total. The molecule has 98 valence electrons. The molecule has 2 aromatic carbocycles. The summed E-state index contributed by atoms with van der Waals surface area (Å²) in [6.45, 7) is 1.80. The molecule has 6 heteroatoms. The van der Waals surface area contributed by atoms with Crippen LogP contribution in [0, 0.1) is 22.9 Å². The van der Waals surface area contributed by atoms with Crippen LogP contribution in [0.1, 0.15) is 5.56 Å². The van der Waals surface area contributed by atoms with Crippen LogP contribution in [0.2, 0.25) is 0 Å². The maximum Gasteiger partial charge on any atom is 0.346 e. The Hall–Kier alpha value is -1.95. The summed E-state index contributed by atoms with van der Waals surface area (Å²) in [6, 6.07) is 9.04. The van der Waals surface area contributed by atoms with Crippen LogP contribution in [0.15, 0.2) is 40.9 Å². The van der Waals surface area contributed by atoms with Gasteiger partial charge in [-0.3, -0.25) is 10.1 Å². The Kier molecular flexibility index (Phi) is 3.80. The van der Waals surface area contributed by atoms with Crippen molar-refractivity contribution in [2.24, 2.45) is 0 Å². The fourth-order valence-electron chi connectivity index (χ4n) is 1.56. The molecule has 0 atom stereocenters. The van der Waals surface area contributed by atoms with Gasteiger partial charge in [0.1, 0.15) is 5.75 Å². The molecule has 0 aliphatic carbocycles. The average Bonchev–Trinajstić information content (AvgIpc) is 2.33. The van der Waals surface area contributed by atoms with Crippen molar-refractivity contribution in [2.45, 2.75) is 6.92 Å². The van der Waals surface area contributed by atoms with Gasteiger partial charge in [-0.05, 0) is 36.8 Å². The van der Waals surface area contributed by atoms with Crippen LogP contribution < -0.4 is 4.74 Å². The lowest BCUT2D eigenvalue weighted by Gasteiger charge is -2.09. The van der Waals surface area contributed by atoms with Crippen molar-refractivity contribution in [3.8, 4) is 11.5 Å². The highest BCUT2D eigenvalue weighted by Gasteiger charge is 2.22. The van der Waals surface area contributed by atoms with Crippen molar-refractivity contribution in [3.05, 3.63) is 62.4 Å². The molecular weight excluding hydrogens is 317 g/mol. The van der Waals surface area contributed by atoms with E-state index in [2.05, 4.69) is 15.9 Å². The van der Waals surface area contributed by atoms with Gasteiger partial charge in [0, 0.05) is 4.47 Å². The first-order valence-corrected chi connectivity index (χ1v) is 6.15. The molecule has 0 aromatic heterocycles. The number of ether oxygens (including phenoxy) is 1. The molecule has 0 heterocycles. The standard InChI is InChI=1S/C13H9BrFNO3/c1-8-5-6-9(14)7-12(8)19-11-4-2-3-10(15)13(11)16(17)18/h2-7H,1H3. The second-order valence-electron chi connectivity index (χ2n) is 3.86. The van der Waals surface area contributed by atoms with Gasteiger partial charge in [-0.2, -0.15) is 4.39 Å². The summed E-state index contributed by atoms with van der Waals surface area (Å²) in [5.41, 5.74) is 0.128. The largest absolute Gasteiger partial charge is 0.450 e. The number of benzene rings is 2. The second kappa shape index (κ2) is 5.36. The van der Waals surface area contributed by atoms with Gasteiger partial charge in [-0.25, -0.2) is 0 Å². The summed E-state index contributed by atoms with van der Waals surface area (Å²) in [7, 11) is 0. The molecule has 0 bridgehead atoms. The van der Waals surface area contributed by atoms with Crippen LogP contribution >= 0.6 is 15.9 Å². The first kappa shape index (κ1) is 13.5. The smallest absolute Gasteiger partial charge is 0.346 e. The zero-order valence-electron chi connectivity index (χ0n) is 9.89. The normalized spacial score (nSPS) is 10.3. The third-order valence-electron chi connectivity index (χ3n) is 2.50. The van der Waals surface area contributed by atoms with E-state index in [1.54, 1.807) is 19.1 Å². The van der Waals surface area contributed by atoms with Gasteiger partial charge in [0.05, 0.1) is 4.92 Å². The quantitative estimate of drug-likeness (QED) is 0.612. The minimum atomic E-state index is -0.921. The summed E-state index contributed by atoms with van der Waals surface area (Å²) < 4.78 is 19.7. The monoisotopic (exact) mass is 325 g/mol. The average molecular weight is 326 g/mol. The highest BCUT2D eigenvalue weighted by atomic mass is 79.9. The van der Waals surface area contributed by atoms with E-state index in [-0.39, 0.29) is 5.75 Å². The van der Waals surface area contributed by atoms with Crippen molar-refractivity contribution < 1.29 is 14.1 Å². The van der Waals surface area contributed by atoms with E-state index in [1.807, 2.05) is 6.07 Å². The van der Waals surface area contributed by atoms with Crippen LogP contribution in [-0.2, 0) is 0 Å². The van der Waals surface area contributed by atoms with Crippen molar-refractivity contribution in [1.82, 2.24) is 0 Å². The number of rotatable bonds is 3. The predicted molar refractivity (Wildman–Crippen MR) is 72.0 cm³/mol. The molecule has 2 rings (SSSR count). The highest BCUT2D eigenvalue weighted by molar-refractivity contribution is 9.10. The van der Waals surface area contributed by atoms with Crippen molar-refractivity contribution >= 4 is 21.6 Å². The second-order valence-corrected chi connectivity index (χ2v) is 4.77. The molecule has 0 unspecified atom stereocenters. The van der Waals surface area contributed by atoms with Crippen LogP contribution in [0.3, 0.4) is 0 Å². The van der Waals surface area contributed by atoms with E-state index in [0.717, 1.165) is 16.1 Å². The van der Waals surface area contributed by atoms with Crippen molar-refractivity contribution in [2.75, 3.05) is 0 Å². The Bertz CT molecular complexity index is 646. The first-order chi connectivity index (χ1) is 8.99. The molecule has 0 aliphatic heterocycles. The fourth-order valence-corrected chi connectivity index (χ4v) is 1.90. The molecular formula is C13H9BrFNO3. The van der Waals surface area contributed by atoms with Crippen molar-refractivity contribution in [1.29, 1.82) is 0 Å². The Morgan fingerprint density at radius 1 is 1.26 bits per heavy atom. The Morgan fingerprint density at radius 3 is 2.68 bits per heavy atom. The third-order valence-corrected chi connectivity index (χ3v) is 3.00. The summed E-state index contributed by atoms with van der Waals surface area (Å²) in [4.78, 5) is 10.1. The summed E-state index contributed by atoms with van der Waals surface area (Å²) in [5, 5.41) is 10.9. The summed E-state index contributed by atoms with van der Waals surface area (Å²) >= 11 is 3.28. The summed E-state index contributed by atoms with van der Waals surface area (Å²) in [6.07, 6.45) is 0. The van der Waals surface area contributed by atoms with E-state index in [4.69, 9.17) is 4.74 Å². The number of nitrogens with zero attached hydrogens (tertiary/aromatic N) is 1. The van der Waals surface area contributed by atoms with Crippen LogP contribution in [0.4, 0.5) is 10.1 Å². The molecule has 0 aliphatic rings. The third kappa shape index (κ3) is 2.90. The van der Waals surface area contributed by atoms with Gasteiger partial charge in [0.15, 0.2) is 0 Å². The Balaban J connectivity index is 2.46. The number of hydrogen-bond donors (Lipinski definition) is 0. The molecule has 2 aromatic rings. The van der Waals surface area contributed by atoms with Crippen LogP contribution in [0.5, 0.6) is 11.5 Å². The van der Waals surface area contributed by atoms with Gasteiger partial charge in [-0.15, -0.1) is 0 Å². The topological polar surface area (TPSA) is 52.4 Å². The number of aryl methyl sites for hydroxylation is 1. The van der Waals surface area contributed by atoms with Crippen molar-refractivity contribution in [3.63, 3.8) is 0 Å². The van der Waals surface area contributed by atoms with Crippen LogP contribution in [-0.4, -0.2) is 4.92 Å². The number of nitro benzene ring substituents is 1. The zero-order valence-corrected chi connectivity index (χ0v) is 11.5. The minimum Gasteiger partial charge on any atom is -0.450 e. The maximum atomic E-state index is 13.5. The number of para-hydroxylation sites is 1. The molecule has 0 N–H and O–H groups in total. The molecule has 0 saturated heterocycles. The molecule has 0 amide bonds. The SMILES string of the molecule is Cc1ccc(Br)cc1Oc1cccc(F)c1[N+](=O)[O-]. The van der Waals surface area contributed by atoms with Gasteiger partial charge in [-0.1, -0.05) is 28.1 Å². The van der Waals surface area contributed by atoms with Gasteiger partial charge < -0.3 is 4.74 Å². The van der Waals surface area contributed by atoms with E-state index in [9.17, 15) is 14.5 Å². The van der Waals surface area contributed by atoms with E-state index in [0.29, 0.717) is 5.75 Å². The number of nitro groups is 1. The number of hydrogen-bond acceptors (Lipinski definition) is 3. The molecule has 0 spiro atoms. The Morgan fingerprint density at radius 2 is 2.00 bits per heavy atom. The number of halogens is 2. The predicted octanol–water partition coefficient (Wildman–Crippen LogP) is 4.60. The highest BCUT2D eigenvalue weighted by Crippen LogP contribution is 2.35. The van der Waals surface area contributed by atoms with E-state index < -0.39 is 16.4 Å². The van der Waals surface area contributed by atoms with Gasteiger partial charge >= 0.3 is 5.69 Å². The lowest BCUT2D eigenvalue weighted by molar-refractivity contribution is -0.388. The van der Waals surface area contributed by atoms with Crippen LogP contribution in [0.25, 0.3) is 0 Å².